The van der Waals surface area contributed by atoms with Crippen LogP contribution in [-0.4, -0.2) is 43.6 Å². The van der Waals surface area contributed by atoms with Crippen LogP contribution in [0.3, 0.4) is 0 Å². The number of aryl methyl sites for hydroxylation is 2. The van der Waals surface area contributed by atoms with Crippen LogP contribution < -0.4 is 5.32 Å². The van der Waals surface area contributed by atoms with Gasteiger partial charge in [0.05, 0.1) is 0 Å². The van der Waals surface area contributed by atoms with Crippen molar-refractivity contribution in [1.29, 1.82) is 0 Å². The fraction of sp³-hybridized carbons (Fsp3) is 0.786. The molecule has 7 heteroatoms. The highest BCUT2D eigenvalue weighted by Gasteiger charge is 2.33. The van der Waals surface area contributed by atoms with E-state index in [0.717, 1.165) is 19.4 Å². The Balaban J connectivity index is 2.02. The maximum Gasteiger partial charge on any atom is 0.248 e. The molecule has 1 aliphatic heterocycles. The van der Waals surface area contributed by atoms with E-state index in [9.17, 15) is 8.42 Å². The first-order chi connectivity index (χ1) is 9.82. The number of hydrogen-bond acceptors (Lipinski definition) is 5. The van der Waals surface area contributed by atoms with Crippen molar-refractivity contribution in [3.8, 4) is 0 Å². The van der Waals surface area contributed by atoms with E-state index in [-0.39, 0.29) is 4.90 Å². The van der Waals surface area contributed by atoms with Crippen LogP contribution in [0, 0.1) is 19.8 Å². The van der Waals surface area contributed by atoms with E-state index in [4.69, 9.17) is 4.52 Å². The summed E-state index contributed by atoms with van der Waals surface area (Å²) in [5, 5.41) is 7.17. The van der Waals surface area contributed by atoms with Gasteiger partial charge in [-0.25, -0.2) is 8.42 Å². The van der Waals surface area contributed by atoms with Crippen LogP contribution in [0.25, 0.3) is 0 Å². The normalized spacial score (nSPS) is 18.5. The fourth-order valence-corrected chi connectivity index (χ4v) is 4.49. The summed E-state index contributed by atoms with van der Waals surface area (Å²) < 4.78 is 31.9. The van der Waals surface area contributed by atoms with Crippen LogP contribution in [-0.2, 0) is 10.0 Å². The third kappa shape index (κ3) is 3.64. The van der Waals surface area contributed by atoms with Crippen LogP contribution in [0.4, 0.5) is 0 Å². The van der Waals surface area contributed by atoms with E-state index in [1.54, 1.807) is 18.2 Å². The van der Waals surface area contributed by atoms with Crippen molar-refractivity contribution in [3.05, 3.63) is 11.5 Å². The minimum atomic E-state index is -3.48. The second-order valence-corrected chi connectivity index (χ2v) is 7.94. The van der Waals surface area contributed by atoms with Crippen LogP contribution in [0.5, 0.6) is 0 Å². The summed E-state index contributed by atoms with van der Waals surface area (Å²) in [5.74, 6) is 0.916. The monoisotopic (exact) mass is 315 g/mol. The average molecular weight is 315 g/mol. The van der Waals surface area contributed by atoms with Gasteiger partial charge in [0, 0.05) is 19.1 Å². The van der Waals surface area contributed by atoms with Gasteiger partial charge in [-0.05, 0) is 39.2 Å². The first-order valence-electron chi connectivity index (χ1n) is 7.48. The predicted octanol–water partition coefficient (Wildman–Crippen LogP) is 1.69. The van der Waals surface area contributed by atoms with Gasteiger partial charge in [0.2, 0.25) is 10.0 Å². The molecule has 2 rings (SSSR count). The molecule has 1 aromatic heterocycles. The molecular formula is C14H25N3O3S. The minimum absolute atomic E-state index is 0.237. The summed E-state index contributed by atoms with van der Waals surface area (Å²) in [6, 6.07) is 0.467. The highest BCUT2D eigenvalue weighted by molar-refractivity contribution is 7.89. The number of aromatic nitrogens is 1. The zero-order valence-corrected chi connectivity index (χ0v) is 14.0. The molecule has 1 aromatic rings. The van der Waals surface area contributed by atoms with Crippen molar-refractivity contribution in [2.75, 3.05) is 19.6 Å². The van der Waals surface area contributed by atoms with Gasteiger partial charge in [-0.3, -0.25) is 0 Å². The highest BCUT2D eigenvalue weighted by Crippen LogP contribution is 2.27. The van der Waals surface area contributed by atoms with Gasteiger partial charge in [-0.15, -0.1) is 0 Å². The Morgan fingerprint density at radius 3 is 2.43 bits per heavy atom. The van der Waals surface area contributed by atoms with Crippen molar-refractivity contribution in [2.45, 2.75) is 51.5 Å². The van der Waals surface area contributed by atoms with E-state index < -0.39 is 10.0 Å². The molecule has 0 aromatic carbocycles. The van der Waals surface area contributed by atoms with Crippen LogP contribution >= 0.6 is 0 Å². The molecule has 0 aliphatic carbocycles. The van der Waals surface area contributed by atoms with Gasteiger partial charge in [-0.2, -0.15) is 4.31 Å². The Bertz CT molecular complexity index is 553. The molecule has 0 unspecified atom stereocenters. The van der Waals surface area contributed by atoms with Crippen LogP contribution in [0.2, 0.25) is 0 Å². The van der Waals surface area contributed by atoms with E-state index >= 15 is 0 Å². The number of nitrogens with zero attached hydrogens (tertiary/aromatic N) is 2. The number of rotatable bonds is 5. The Morgan fingerprint density at radius 2 is 1.95 bits per heavy atom. The third-order valence-electron chi connectivity index (χ3n) is 3.95. The van der Waals surface area contributed by atoms with Gasteiger partial charge >= 0.3 is 0 Å². The molecule has 2 heterocycles. The smallest absolute Gasteiger partial charge is 0.248 e. The number of piperidine rings is 1. The van der Waals surface area contributed by atoms with Gasteiger partial charge in [0.25, 0.3) is 0 Å². The molecule has 1 saturated heterocycles. The molecule has 1 N–H and O–H groups in total. The lowest BCUT2D eigenvalue weighted by Gasteiger charge is -2.31. The van der Waals surface area contributed by atoms with E-state index in [2.05, 4.69) is 24.3 Å². The summed E-state index contributed by atoms with van der Waals surface area (Å²) in [4.78, 5) is 0.237. The molecule has 120 valence electrons. The zero-order valence-electron chi connectivity index (χ0n) is 13.2. The average Bonchev–Trinajstić information content (AvgIpc) is 2.77. The Morgan fingerprint density at radius 1 is 1.33 bits per heavy atom. The maximum absolute atomic E-state index is 12.7. The Kier molecular flexibility index (Phi) is 5.06. The molecule has 0 spiro atoms. The molecule has 21 heavy (non-hydrogen) atoms. The van der Waals surface area contributed by atoms with Crippen molar-refractivity contribution in [1.82, 2.24) is 14.8 Å². The Labute approximate surface area is 126 Å². The topological polar surface area (TPSA) is 75.4 Å². The van der Waals surface area contributed by atoms with E-state index in [1.807, 2.05) is 0 Å². The molecular weight excluding hydrogens is 290 g/mol. The first-order valence-corrected chi connectivity index (χ1v) is 8.92. The lowest BCUT2D eigenvalue weighted by molar-refractivity contribution is 0.263. The zero-order chi connectivity index (χ0) is 15.6. The third-order valence-corrected chi connectivity index (χ3v) is 6.10. The van der Waals surface area contributed by atoms with E-state index in [0.29, 0.717) is 36.5 Å². The summed E-state index contributed by atoms with van der Waals surface area (Å²) in [6.45, 7) is 9.65. The minimum Gasteiger partial charge on any atom is -0.360 e. The highest BCUT2D eigenvalue weighted by atomic mass is 32.2. The molecule has 0 radical (unpaired) electrons. The van der Waals surface area contributed by atoms with Crippen molar-refractivity contribution < 1.29 is 12.9 Å². The maximum atomic E-state index is 12.7. The fourth-order valence-electron chi connectivity index (χ4n) is 2.73. The van der Waals surface area contributed by atoms with Crippen molar-refractivity contribution in [3.63, 3.8) is 0 Å². The standard InChI is InChI=1S/C14H25N3O3S/c1-10(2)15-9-13-5-7-17(8-6-13)21(18,19)14-11(3)16-20-12(14)4/h10,13,15H,5-9H2,1-4H3. The summed E-state index contributed by atoms with van der Waals surface area (Å²) >= 11 is 0. The summed E-state index contributed by atoms with van der Waals surface area (Å²) in [6.07, 6.45) is 1.78. The molecule has 1 aliphatic rings. The summed E-state index contributed by atoms with van der Waals surface area (Å²) in [7, 11) is -3.48. The van der Waals surface area contributed by atoms with Gasteiger partial charge in [0.1, 0.15) is 10.6 Å². The second-order valence-electron chi connectivity index (χ2n) is 6.06. The van der Waals surface area contributed by atoms with Crippen molar-refractivity contribution in [2.24, 2.45) is 5.92 Å². The number of hydrogen-bond donors (Lipinski definition) is 1. The van der Waals surface area contributed by atoms with Crippen LogP contribution in [0.1, 0.15) is 38.1 Å². The second kappa shape index (κ2) is 6.46. The molecule has 6 nitrogen and oxygen atoms in total. The quantitative estimate of drug-likeness (QED) is 0.895. The Hall–Kier alpha value is -0.920. The summed E-state index contributed by atoms with van der Waals surface area (Å²) in [5.41, 5.74) is 0.441. The predicted molar refractivity (Wildman–Crippen MR) is 80.6 cm³/mol. The first kappa shape index (κ1) is 16.5. The number of nitrogens with one attached hydrogen (secondary N) is 1. The van der Waals surface area contributed by atoms with Gasteiger partial charge < -0.3 is 9.84 Å². The lowest BCUT2D eigenvalue weighted by atomic mass is 9.98. The SMILES string of the molecule is Cc1noc(C)c1S(=O)(=O)N1CCC(CNC(C)C)CC1. The van der Waals surface area contributed by atoms with Crippen molar-refractivity contribution >= 4 is 10.0 Å². The molecule has 0 amide bonds. The molecule has 1 fully saturated rings. The lowest BCUT2D eigenvalue weighted by Crippen LogP contribution is -2.41. The molecule has 0 atom stereocenters. The van der Waals surface area contributed by atoms with Gasteiger partial charge in [-0.1, -0.05) is 19.0 Å². The molecule has 0 saturated carbocycles. The molecule has 0 bridgehead atoms. The van der Waals surface area contributed by atoms with Gasteiger partial charge in [0.15, 0.2) is 5.76 Å². The van der Waals surface area contributed by atoms with E-state index in [1.165, 1.54) is 0 Å². The number of sulfonamides is 1. The van der Waals surface area contributed by atoms with Crippen LogP contribution in [0.15, 0.2) is 9.42 Å². The largest absolute Gasteiger partial charge is 0.360 e.